The summed E-state index contributed by atoms with van der Waals surface area (Å²) in [6.45, 7) is 3.96. The van der Waals surface area contributed by atoms with Crippen molar-refractivity contribution in [2.75, 3.05) is 13.7 Å². The smallest absolute Gasteiger partial charge is 0.153 e. The summed E-state index contributed by atoms with van der Waals surface area (Å²) >= 11 is 3.31. The summed E-state index contributed by atoms with van der Waals surface area (Å²) in [4.78, 5) is 10.7. The van der Waals surface area contributed by atoms with Crippen molar-refractivity contribution in [3.63, 3.8) is 0 Å². The molecule has 0 heterocycles. The van der Waals surface area contributed by atoms with E-state index < -0.39 is 0 Å². The van der Waals surface area contributed by atoms with E-state index >= 15 is 0 Å². The van der Waals surface area contributed by atoms with Crippen molar-refractivity contribution in [2.45, 2.75) is 0 Å². The summed E-state index contributed by atoms with van der Waals surface area (Å²) in [5.74, 6) is 1.12. The molecular weight excluding hydrogens is 260 g/mol. The Hall–Kier alpha value is -1.29. The SMILES string of the molecule is C=CCOc1cc(OC)c(C=O)cc1Br. The minimum Gasteiger partial charge on any atom is -0.496 e. The lowest BCUT2D eigenvalue weighted by atomic mass is 10.2. The van der Waals surface area contributed by atoms with Gasteiger partial charge in [0.05, 0.1) is 17.1 Å². The lowest BCUT2D eigenvalue weighted by molar-refractivity contribution is 0.112. The fraction of sp³-hybridized carbons (Fsp3) is 0.182. The van der Waals surface area contributed by atoms with E-state index in [0.717, 1.165) is 6.29 Å². The second-order valence-corrected chi connectivity index (χ2v) is 3.60. The highest BCUT2D eigenvalue weighted by Crippen LogP contribution is 2.32. The van der Waals surface area contributed by atoms with Crippen molar-refractivity contribution in [1.82, 2.24) is 0 Å². The average Bonchev–Trinajstić information content (AvgIpc) is 2.27. The summed E-state index contributed by atoms with van der Waals surface area (Å²) in [5.41, 5.74) is 0.482. The number of aldehydes is 1. The van der Waals surface area contributed by atoms with Crippen LogP contribution in [0.3, 0.4) is 0 Å². The highest BCUT2D eigenvalue weighted by atomic mass is 79.9. The molecule has 1 aromatic carbocycles. The molecule has 0 saturated carbocycles. The third-order valence-electron chi connectivity index (χ3n) is 1.77. The molecule has 1 rings (SSSR count). The van der Waals surface area contributed by atoms with Crippen LogP contribution in [0.5, 0.6) is 11.5 Å². The van der Waals surface area contributed by atoms with Crippen molar-refractivity contribution in [2.24, 2.45) is 0 Å². The number of carbonyl (C=O) groups excluding carboxylic acids is 1. The molecule has 0 N–H and O–H groups in total. The molecule has 0 unspecified atom stereocenters. The topological polar surface area (TPSA) is 35.5 Å². The van der Waals surface area contributed by atoms with Crippen LogP contribution < -0.4 is 9.47 Å². The van der Waals surface area contributed by atoms with Crippen LogP contribution in [0.2, 0.25) is 0 Å². The predicted molar refractivity (Wildman–Crippen MR) is 61.8 cm³/mol. The van der Waals surface area contributed by atoms with E-state index in [4.69, 9.17) is 9.47 Å². The van der Waals surface area contributed by atoms with Gasteiger partial charge in [0, 0.05) is 6.07 Å². The van der Waals surface area contributed by atoms with E-state index in [1.54, 1.807) is 18.2 Å². The van der Waals surface area contributed by atoms with Crippen molar-refractivity contribution in [1.29, 1.82) is 0 Å². The summed E-state index contributed by atoms with van der Waals surface area (Å²) < 4.78 is 11.1. The Labute approximate surface area is 96.8 Å². The molecule has 3 nitrogen and oxygen atoms in total. The highest BCUT2D eigenvalue weighted by Gasteiger charge is 2.08. The van der Waals surface area contributed by atoms with Gasteiger partial charge < -0.3 is 9.47 Å². The van der Waals surface area contributed by atoms with Crippen LogP contribution >= 0.6 is 15.9 Å². The number of ether oxygens (including phenoxy) is 2. The fourth-order valence-electron chi connectivity index (χ4n) is 1.08. The third kappa shape index (κ3) is 2.83. The highest BCUT2D eigenvalue weighted by molar-refractivity contribution is 9.10. The molecule has 4 heteroatoms. The normalized spacial score (nSPS) is 9.47. The van der Waals surface area contributed by atoms with Gasteiger partial charge in [-0.15, -0.1) is 0 Å². The van der Waals surface area contributed by atoms with Crippen LogP contribution in [-0.2, 0) is 0 Å². The van der Waals surface area contributed by atoms with Crippen molar-refractivity contribution >= 4 is 22.2 Å². The van der Waals surface area contributed by atoms with Crippen LogP contribution in [0.4, 0.5) is 0 Å². The Morgan fingerprint density at radius 1 is 1.47 bits per heavy atom. The zero-order valence-corrected chi connectivity index (χ0v) is 9.91. The Morgan fingerprint density at radius 3 is 2.73 bits per heavy atom. The Balaban J connectivity index is 3.07. The van der Waals surface area contributed by atoms with E-state index in [1.165, 1.54) is 7.11 Å². The summed E-state index contributed by atoms with van der Waals surface area (Å²) in [6, 6.07) is 3.32. The van der Waals surface area contributed by atoms with Crippen molar-refractivity contribution < 1.29 is 14.3 Å². The second-order valence-electron chi connectivity index (χ2n) is 2.74. The first kappa shape index (κ1) is 11.8. The summed E-state index contributed by atoms with van der Waals surface area (Å²) in [5, 5.41) is 0. The zero-order valence-electron chi connectivity index (χ0n) is 8.33. The Bertz CT molecular complexity index is 374. The molecule has 0 bridgehead atoms. The maximum Gasteiger partial charge on any atom is 0.153 e. The summed E-state index contributed by atoms with van der Waals surface area (Å²) in [6.07, 6.45) is 2.38. The molecule has 0 saturated heterocycles. The van der Waals surface area contributed by atoms with Gasteiger partial charge in [0.1, 0.15) is 18.1 Å². The molecule has 1 aromatic rings. The van der Waals surface area contributed by atoms with Gasteiger partial charge in [-0.2, -0.15) is 0 Å². The van der Waals surface area contributed by atoms with Crippen LogP contribution in [0.15, 0.2) is 29.3 Å². The first-order valence-electron chi connectivity index (χ1n) is 4.29. The van der Waals surface area contributed by atoms with E-state index in [1.807, 2.05) is 0 Å². The molecule has 0 atom stereocenters. The van der Waals surface area contributed by atoms with Crippen LogP contribution in [0, 0.1) is 0 Å². The van der Waals surface area contributed by atoms with Gasteiger partial charge >= 0.3 is 0 Å². The predicted octanol–water partition coefficient (Wildman–Crippen LogP) is 2.84. The number of halogens is 1. The first-order chi connectivity index (χ1) is 7.22. The van der Waals surface area contributed by atoms with E-state index in [-0.39, 0.29) is 0 Å². The number of rotatable bonds is 5. The largest absolute Gasteiger partial charge is 0.496 e. The number of hydrogen-bond acceptors (Lipinski definition) is 3. The maximum absolute atomic E-state index is 10.7. The van der Waals surface area contributed by atoms with Gasteiger partial charge in [-0.05, 0) is 22.0 Å². The molecule has 0 aliphatic carbocycles. The second kappa shape index (κ2) is 5.56. The Kier molecular flexibility index (Phi) is 4.37. The van der Waals surface area contributed by atoms with Crippen molar-refractivity contribution in [3.05, 3.63) is 34.8 Å². The van der Waals surface area contributed by atoms with E-state index in [0.29, 0.717) is 28.1 Å². The van der Waals surface area contributed by atoms with Gasteiger partial charge in [-0.25, -0.2) is 0 Å². The van der Waals surface area contributed by atoms with Crippen LogP contribution in [0.25, 0.3) is 0 Å². The molecule has 0 radical (unpaired) electrons. The van der Waals surface area contributed by atoms with Gasteiger partial charge in [0.15, 0.2) is 6.29 Å². The standard InChI is InChI=1S/C11H11BrO3/c1-3-4-15-11-6-10(14-2)8(7-13)5-9(11)12/h3,5-7H,1,4H2,2H3. The maximum atomic E-state index is 10.7. The van der Waals surface area contributed by atoms with Crippen molar-refractivity contribution in [3.8, 4) is 11.5 Å². The van der Waals surface area contributed by atoms with Crippen LogP contribution in [-0.4, -0.2) is 20.0 Å². The van der Waals surface area contributed by atoms with Gasteiger partial charge in [0.25, 0.3) is 0 Å². The zero-order chi connectivity index (χ0) is 11.3. The third-order valence-corrected chi connectivity index (χ3v) is 2.39. The average molecular weight is 271 g/mol. The Morgan fingerprint density at radius 2 is 2.20 bits per heavy atom. The fourth-order valence-corrected chi connectivity index (χ4v) is 1.55. The van der Waals surface area contributed by atoms with E-state index in [9.17, 15) is 4.79 Å². The van der Waals surface area contributed by atoms with E-state index in [2.05, 4.69) is 22.5 Å². The van der Waals surface area contributed by atoms with Crippen LogP contribution in [0.1, 0.15) is 10.4 Å². The minimum atomic E-state index is 0.405. The molecule has 15 heavy (non-hydrogen) atoms. The minimum absolute atomic E-state index is 0.405. The molecule has 0 spiro atoms. The molecule has 0 aliphatic heterocycles. The molecule has 0 aromatic heterocycles. The number of methoxy groups -OCH3 is 1. The number of carbonyl (C=O) groups is 1. The molecule has 80 valence electrons. The molecule has 0 fully saturated rings. The van der Waals surface area contributed by atoms with Gasteiger partial charge in [0.2, 0.25) is 0 Å². The molecule has 0 amide bonds. The quantitative estimate of drug-likeness (QED) is 0.610. The monoisotopic (exact) mass is 270 g/mol. The first-order valence-corrected chi connectivity index (χ1v) is 5.08. The molecule has 0 aliphatic rings. The lowest BCUT2D eigenvalue weighted by Gasteiger charge is -2.09. The van der Waals surface area contributed by atoms with Gasteiger partial charge in [-0.3, -0.25) is 4.79 Å². The lowest BCUT2D eigenvalue weighted by Crippen LogP contribution is -1.97. The van der Waals surface area contributed by atoms with Gasteiger partial charge in [-0.1, -0.05) is 12.7 Å². The molecular formula is C11H11BrO3. The summed E-state index contributed by atoms with van der Waals surface area (Å²) in [7, 11) is 1.51. The number of hydrogen-bond donors (Lipinski definition) is 0. The number of benzene rings is 1.